The van der Waals surface area contributed by atoms with Crippen LogP contribution in [0.3, 0.4) is 0 Å². The molecule has 0 atom stereocenters. The normalized spacial score (nSPS) is 10.1. The molecule has 0 unspecified atom stereocenters. The van der Waals surface area contributed by atoms with Crippen LogP contribution in [0.15, 0.2) is 28.8 Å². The first-order valence-electron chi connectivity index (χ1n) is 5.08. The molecule has 0 saturated heterocycles. The molecular formula is C11H10N4O3. The number of nitrogens with one attached hydrogen (secondary N) is 1. The molecule has 0 saturated carbocycles. The van der Waals surface area contributed by atoms with Crippen LogP contribution in [0.25, 0.3) is 11.4 Å². The van der Waals surface area contributed by atoms with Gasteiger partial charge in [0.2, 0.25) is 11.7 Å². The maximum absolute atomic E-state index is 10.8. The molecule has 0 aliphatic carbocycles. The Morgan fingerprint density at radius 3 is 2.44 bits per heavy atom. The molecule has 0 radical (unpaired) electrons. The number of anilines is 1. The zero-order chi connectivity index (χ0) is 13.1. The van der Waals surface area contributed by atoms with Crippen LogP contribution in [0, 0.1) is 0 Å². The minimum atomic E-state index is -0.774. The third-order valence-electron chi connectivity index (χ3n) is 2.10. The van der Waals surface area contributed by atoms with Crippen molar-refractivity contribution in [3.8, 4) is 11.4 Å². The minimum Gasteiger partial charge on any atom is -0.361 e. The van der Waals surface area contributed by atoms with Gasteiger partial charge in [-0.15, -0.1) is 0 Å². The van der Waals surface area contributed by atoms with Crippen molar-refractivity contribution < 1.29 is 14.1 Å². The van der Waals surface area contributed by atoms with E-state index in [4.69, 9.17) is 5.73 Å². The number of aromatic nitrogens is 2. The number of hydrogen-bond acceptors (Lipinski definition) is 5. The summed E-state index contributed by atoms with van der Waals surface area (Å²) >= 11 is 0. The van der Waals surface area contributed by atoms with Gasteiger partial charge in [0.1, 0.15) is 0 Å². The summed E-state index contributed by atoms with van der Waals surface area (Å²) in [5.74, 6) is -0.906. The average molecular weight is 246 g/mol. The van der Waals surface area contributed by atoms with Crippen molar-refractivity contribution in [2.75, 3.05) is 5.32 Å². The fraction of sp³-hybridized carbons (Fsp3) is 0.0909. The van der Waals surface area contributed by atoms with Crippen molar-refractivity contribution in [2.45, 2.75) is 6.92 Å². The second-order valence-corrected chi connectivity index (χ2v) is 3.55. The van der Waals surface area contributed by atoms with Gasteiger partial charge in [-0.05, 0) is 24.3 Å². The molecule has 0 bridgehead atoms. The van der Waals surface area contributed by atoms with Crippen molar-refractivity contribution in [3.63, 3.8) is 0 Å². The van der Waals surface area contributed by atoms with Crippen LogP contribution < -0.4 is 11.1 Å². The summed E-state index contributed by atoms with van der Waals surface area (Å²) < 4.78 is 4.67. The highest BCUT2D eigenvalue weighted by molar-refractivity contribution is 5.89. The SMILES string of the molecule is CC(=O)Nc1ccc(-c2noc(C(N)=O)n2)cc1. The van der Waals surface area contributed by atoms with E-state index in [0.717, 1.165) is 0 Å². The van der Waals surface area contributed by atoms with Crippen molar-refractivity contribution in [2.24, 2.45) is 5.73 Å². The summed E-state index contributed by atoms with van der Waals surface area (Å²) in [5.41, 5.74) is 6.31. The molecular weight excluding hydrogens is 236 g/mol. The number of nitrogens with two attached hydrogens (primary N) is 1. The molecule has 0 aliphatic rings. The molecule has 1 aromatic heterocycles. The number of carbonyl (C=O) groups excluding carboxylic acids is 2. The van der Waals surface area contributed by atoms with Gasteiger partial charge in [0.15, 0.2) is 0 Å². The van der Waals surface area contributed by atoms with E-state index in [0.29, 0.717) is 11.3 Å². The van der Waals surface area contributed by atoms with Gasteiger partial charge >= 0.3 is 11.8 Å². The van der Waals surface area contributed by atoms with E-state index in [-0.39, 0.29) is 17.6 Å². The van der Waals surface area contributed by atoms with E-state index in [1.54, 1.807) is 24.3 Å². The average Bonchev–Trinajstić information content (AvgIpc) is 2.78. The standard InChI is InChI=1S/C11H10N4O3/c1-6(16)13-8-4-2-7(3-5-8)10-14-11(9(12)17)18-15-10/h2-5H,1H3,(H2,12,17)(H,13,16). The summed E-state index contributed by atoms with van der Waals surface area (Å²) in [7, 11) is 0. The van der Waals surface area contributed by atoms with Gasteiger partial charge in [-0.3, -0.25) is 9.59 Å². The van der Waals surface area contributed by atoms with Gasteiger partial charge in [0, 0.05) is 18.2 Å². The Bertz CT molecular complexity index is 589. The topological polar surface area (TPSA) is 111 Å². The third kappa shape index (κ3) is 2.51. The lowest BCUT2D eigenvalue weighted by Gasteiger charge is -2.01. The number of amides is 2. The van der Waals surface area contributed by atoms with Crippen molar-refractivity contribution >= 4 is 17.5 Å². The van der Waals surface area contributed by atoms with Crippen LogP contribution in [0.4, 0.5) is 5.69 Å². The van der Waals surface area contributed by atoms with Gasteiger partial charge in [-0.1, -0.05) is 5.16 Å². The highest BCUT2D eigenvalue weighted by atomic mass is 16.5. The summed E-state index contributed by atoms with van der Waals surface area (Å²) in [5, 5.41) is 6.25. The van der Waals surface area contributed by atoms with E-state index in [1.165, 1.54) is 6.92 Å². The van der Waals surface area contributed by atoms with E-state index >= 15 is 0 Å². The number of nitrogens with zero attached hydrogens (tertiary/aromatic N) is 2. The Hall–Kier alpha value is -2.70. The number of carbonyl (C=O) groups is 2. The largest absolute Gasteiger partial charge is 0.361 e. The zero-order valence-electron chi connectivity index (χ0n) is 9.51. The minimum absolute atomic E-state index is 0.154. The van der Waals surface area contributed by atoms with Crippen molar-refractivity contribution in [1.29, 1.82) is 0 Å². The highest BCUT2D eigenvalue weighted by Gasteiger charge is 2.12. The first kappa shape index (κ1) is 11.8. The summed E-state index contributed by atoms with van der Waals surface area (Å²) in [6.45, 7) is 1.42. The maximum Gasteiger partial charge on any atom is 0.316 e. The molecule has 2 aromatic rings. The maximum atomic E-state index is 10.8. The van der Waals surface area contributed by atoms with Crippen LogP contribution in [-0.2, 0) is 4.79 Å². The van der Waals surface area contributed by atoms with E-state index in [1.807, 2.05) is 0 Å². The first-order chi connectivity index (χ1) is 8.56. The Morgan fingerprint density at radius 1 is 1.28 bits per heavy atom. The highest BCUT2D eigenvalue weighted by Crippen LogP contribution is 2.18. The first-order valence-corrected chi connectivity index (χ1v) is 5.08. The molecule has 2 rings (SSSR count). The van der Waals surface area contributed by atoms with Gasteiger partial charge in [0.25, 0.3) is 0 Å². The smallest absolute Gasteiger partial charge is 0.316 e. The van der Waals surface area contributed by atoms with Gasteiger partial charge in [-0.25, -0.2) is 0 Å². The fourth-order valence-electron chi connectivity index (χ4n) is 1.35. The van der Waals surface area contributed by atoms with Crippen molar-refractivity contribution in [3.05, 3.63) is 30.2 Å². The van der Waals surface area contributed by atoms with Crippen LogP contribution in [0.2, 0.25) is 0 Å². The number of rotatable bonds is 3. The molecule has 0 aliphatic heterocycles. The third-order valence-corrected chi connectivity index (χ3v) is 2.10. The molecule has 92 valence electrons. The summed E-state index contributed by atoms with van der Waals surface area (Å²) in [4.78, 5) is 25.5. The van der Waals surface area contributed by atoms with Gasteiger partial charge in [0.05, 0.1) is 0 Å². The lowest BCUT2D eigenvalue weighted by Crippen LogP contribution is -2.11. The Balaban J connectivity index is 2.22. The van der Waals surface area contributed by atoms with Gasteiger partial charge < -0.3 is 15.6 Å². The predicted octanol–water partition coefficient (Wildman–Crippen LogP) is 0.794. The number of primary amides is 1. The molecule has 7 heteroatoms. The lowest BCUT2D eigenvalue weighted by atomic mass is 10.2. The number of benzene rings is 1. The molecule has 2 amide bonds. The van der Waals surface area contributed by atoms with Crippen molar-refractivity contribution in [1.82, 2.24) is 10.1 Å². The van der Waals surface area contributed by atoms with Crippen LogP contribution in [0.5, 0.6) is 0 Å². The van der Waals surface area contributed by atoms with Crippen LogP contribution in [-0.4, -0.2) is 22.0 Å². The quantitative estimate of drug-likeness (QED) is 0.831. The predicted molar refractivity (Wildman–Crippen MR) is 62.6 cm³/mol. The van der Waals surface area contributed by atoms with E-state index in [9.17, 15) is 9.59 Å². The Labute approximate surface area is 102 Å². The lowest BCUT2D eigenvalue weighted by molar-refractivity contribution is -0.114. The van der Waals surface area contributed by atoms with Crippen LogP contribution in [0.1, 0.15) is 17.6 Å². The second kappa shape index (κ2) is 4.66. The summed E-state index contributed by atoms with van der Waals surface area (Å²) in [6.07, 6.45) is 0. The fourth-order valence-corrected chi connectivity index (χ4v) is 1.35. The van der Waals surface area contributed by atoms with E-state index < -0.39 is 5.91 Å². The summed E-state index contributed by atoms with van der Waals surface area (Å²) in [6, 6.07) is 6.77. The van der Waals surface area contributed by atoms with E-state index in [2.05, 4.69) is 20.0 Å². The second-order valence-electron chi connectivity index (χ2n) is 3.55. The molecule has 1 aromatic carbocycles. The van der Waals surface area contributed by atoms with Gasteiger partial charge in [-0.2, -0.15) is 4.98 Å². The molecule has 3 N–H and O–H groups in total. The molecule has 0 fully saturated rings. The monoisotopic (exact) mass is 246 g/mol. The molecule has 7 nitrogen and oxygen atoms in total. The molecule has 0 spiro atoms. The molecule has 1 heterocycles. The number of hydrogen-bond donors (Lipinski definition) is 2. The molecule has 18 heavy (non-hydrogen) atoms. The zero-order valence-corrected chi connectivity index (χ0v) is 9.51. The Morgan fingerprint density at radius 2 is 1.94 bits per heavy atom. The van der Waals surface area contributed by atoms with Crippen LogP contribution >= 0.6 is 0 Å². The Kier molecular flexibility index (Phi) is 3.05.